The molecular weight excluding hydrogens is 274 g/mol. The molecule has 0 saturated carbocycles. The first-order chi connectivity index (χ1) is 9.65. The van der Waals surface area contributed by atoms with E-state index < -0.39 is 0 Å². The Hall–Kier alpha value is -1.43. The van der Waals surface area contributed by atoms with Gasteiger partial charge in [0.15, 0.2) is 0 Å². The molecule has 6 heteroatoms. The minimum absolute atomic E-state index is 0.341. The van der Waals surface area contributed by atoms with Crippen LogP contribution in [0.25, 0.3) is 0 Å². The Labute approximate surface area is 123 Å². The fraction of sp³-hybridized carbons (Fsp3) is 0.571. The summed E-state index contributed by atoms with van der Waals surface area (Å²) >= 11 is 2.00. The summed E-state index contributed by atoms with van der Waals surface area (Å²) in [5, 5.41) is 0.620. The molecule has 1 aliphatic rings. The lowest BCUT2D eigenvalue weighted by Gasteiger charge is -2.33. The third-order valence-corrected chi connectivity index (χ3v) is 4.71. The molecule has 0 amide bonds. The SMILES string of the molecule is CCOC(=O)c1cc(N2CCSC(CC)C2)ncc1N. The number of anilines is 2. The highest BCUT2D eigenvalue weighted by Gasteiger charge is 2.21. The Morgan fingerprint density at radius 1 is 1.60 bits per heavy atom. The molecule has 2 rings (SSSR count). The highest BCUT2D eigenvalue weighted by atomic mass is 32.2. The van der Waals surface area contributed by atoms with Crippen LogP contribution in [0.5, 0.6) is 0 Å². The molecule has 1 aromatic heterocycles. The van der Waals surface area contributed by atoms with Crippen molar-refractivity contribution in [3.05, 3.63) is 17.8 Å². The molecule has 1 saturated heterocycles. The van der Waals surface area contributed by atoms with Gasteiger partial charge in [-0.05, 0) is 19.4 Å². The van der Waals surface area contributed by atoms with Crippen LogP contribution in [0, 0.1) is 0 Å². The smallest absolute Gasteiger partial charge is 0.340 e. The molecule has 2 heterocycles. The number of thioether (sulfide) groups is 1. The molecule has 5 nitrogen and oxygen atoms in total. The predicted octanol–water partition coefficient (Wildman–Crippen LogP) is 2.17. The molecule has 2 N–H and O–H groups in total. The van der Waals surface area contributed by atoms with Gasteiger partial charge in [-0.2, -0.15) is 11.8 Å². The summed E-state index contributed by atoms with van der Waals surface area (Å²) in [7, 11) is 0. The van der Waals surface area contributed by atoms with Crippen molar-refractivity contribution in [3.8, 4) is 0 Å². The summed E-state index contributed by atoms with van der Waals surface area (Å²) in [5.41, 5.74) is 6.59. The van der Waals surface area contributed by atoms with Gasteiger partial charge in [0, 0.05) is 24.1 Å². The van der Waals surface area contributed by atoms with E-state index in [1.807, 2.05) is 11.8 Å². The lowest BCUT2D eigenvalue weighted by atomic mass is 10.2. The molecule has 1 aromatic rings. The van der Waals surface area contributed by atoms with Crippen LogP contribution >= 0.6 is 11.8 Å². The maximum absolute atomic E-state index is 11.9. The lowest BCUT2D eigenvalue weighted by molar-refractivity contribution is 0.0527. The quantitative estimate of drug-likeness (QED) is 0.859. The summed E-state index contributed by atoms with van der Waals surface area (Å²) in [6.45, 7) is 6.22. The Balaban J connectivity index is 2.20. The number of aromatic nitrogens is 1. The van der Waals surface area contributed by atoms with Crippen LogP contribution in [-0.2, 0) is 4.74 Å². The topological polar surface area (TPSA) is 68.5 Å². The van der Waals surface area contributed by atoms with Gasteiger partial charge >= 0.3 is 5.97 Å². The zero-order chi connectivity index (χ0) is 14.5. The van der Waals surface area contributed by atoms with Crippen LogP contribution in [0.2, 0.25) is 0 Å². The fourth-order valence-corrected chi connectivity index (χ4v) is 3.37. The van der Waals surface area contributed by atoms with Crippen molar-refractivity contribution >= 4 is 29.2 Å². The molecule has 20 heavy (non-hydrogen) atoms. The average Bonchev–Trinajstić information content (AvgIpc) is 2.48. The van der Waals surface area contributed by atoms with Crippen molar-refractivity contribution in [3.63, 3.8) is 0 Å². The molecular formula is C14H21N3O2S. The van der Waals surface area contributed by atoms with Crippen LogP contribution in [-0.4, -0.2) is 41.7 Å². The first-order valence-electron chi connectivity index (χ1n) is 6.94. The van der Waals surface area contributed by atoms with Crippen LogP contribution in [0.15, 0.2) is 12.3 Å². The van der Waals surface area contributed by atoms with E-state index in [2.05, 4.69) is 16.8 Å². The van der Waals surface area contributed by atoms with E-state index in [4.69, 9.17) is 10.5 Å². The standard InChI is InChI=1S/C14H21N3O2S/c1-3-10-9-17(5-6-20-10)13-7-11(12(15)8-16-13)14(18)19-4-2/h7-8,10H,3-6,9,15H2,1-2H3. The third kappa shape index (κ3) is 3.36. The second-order valence-corrected chi connectivity index (χ2v) is 6.11. The minimum atomic E-state index is -0.382. The number of nitrogens with two attached hydrogens (primary N) is 1. The van der Waals surface area contributed by atoms with E-state index in [1.165, 1.54) is 0 Å². The van der Waals surface area contributed by atoms with Gasteiger partial charge in [0.05, 0.1) is 24.1 Å². The number of esters is 1. The van der Waals surface area contributed by atoms with Crippen molar-refractivity contribution < 1.29 is 9.53 Å². The van der Waals surface area contributed by atoms with E-state index in [0.29, 0.717) is 23.1 Å². The first-order valence-corrected chi connectivity index (χ1v) is 7.99. The summed E-state index contributed by atoms with van der Waals surface area (Å²) < 4.78 is 5.02. The number of ether oxygens (including phenoxy) is 1. The van der Waals surface area contributed by atoms with E-state index in [0.717, 1.165) is 31.1 Å². The average molecular weight is 295 g/mol. The lowest BCUT2D eigenvalue weighted by Crippen LogP contribution is -2.38. The van der Waals surface area contributed by atoms with Gasteiger partial charge in [-0.3, -0.25) is 0 Å². The molecule has 0 bridgehead atoms. The van der Waals surface area contributed by atoms with Crippen LogP contribution in [0.3, 0.4) is 0 Å². The summed E-state index contributed by atoms with van der Waals surface area (Å²) in [4.78, 5) is 18.4. The molecule has 110 valence electrons. The van der Waals surface area contributed by atoms with Gasteiger partial charge in [-0.1, -0.05) is 6.92 Å². The van der Waals surface area contributed by atoms with Crippen LogP contribution < -0.4 is 10.6 Å². The van der Waals surface area contributed by atoms with E-state index in [1.54, 1.807) is 19.2 Å². The zero-order valence-corrected chi connectivity index (χ0v) is 12.8. The maximum Gasteiger partial charge on any atom is 0.340 e. The Morgan fingerprint density at radius 3 is 3.10 bits per heavy atom. The molecule has 0 aliphatic carbocycles. The highest BCUT2D eigenvalue weighted by Crippen LogP contribution is 2.26. The Kier molecular flexibility index (Phi) is 5.11. The van der Waals surface area contributed by atoms with Crippen molar-refractivity contribution in [1.29, 1.82) is 0 Å². The second-order valence-electron chi connectivity index (χ2n) is 4.70. The van der Waals surface area contributed by atoms with Gasteiger partial charge in [-0.25, -0.2) is 9.78 Å². The molecule has 0 aromatic carbocycles. The first kappa shape index (κ1) is 15.0. The number of pyridine rings is 1. The normalized spacial score (nSPS) is 18.9. The van der Waals surface area contributed by atoms with Crippen LogP contribution in [0.1, 0.15) is 30.6 Å². The summed E-state index contributed by atoms with van der Waals surface area (Å²) in [6.07, 6.45) is 2.69. The Bertz CT molecular complexity index is 481. The van der Waals surface area contributed by atoms with Crippen molar-refractivity contribution in [2.24, 2.45) is 0 Å². The maximum atomic E-state index is 11.9. The van der Waals surface area contributed by atoms with Gasteiger partial charge in [-0.15, -0.1) is 0 Å². The molecule has 0 spiro atoms. The number of hydrogen-bond donors (Lipinski definition) is 1. The number of hydrogen-bond acceptors (Lipinski definition) is 6. The number of carbonyl (C=O) groups is 1. The number of rotatable bonds is 4. The molecule has 0 radical (unpaired) electrons. The number of carbonyl (C=O) groups excluding carboxylic acids is 1. The van der Waals surface area contributed by atoms with Crippen molar-refractivity contribution in [2.45, 2.75) is 25.5 Å². The van der Waals surface area contributed by atoms with Crippen molar-refractivity contribution in [2.75, 3.05) is 36.1 Å². The van der Waals surface area contributed by atoms with E-state index in [9.17, 15) is 4.79 Å². The van der Waals surface area contributed by atoms with Crippen molar-refractivity contribution in [1.82, 2.24) is 4.98 Å². The van der Waals surface area contributed by atoms with E-state index in [-0.39, 0.29) is 5.97 Å². The second kappa shape index (κ2) is 6.83. The van der Waals surface area contributed by atoms with Gasteiger partial charge in [0.25, 0.3) is 0 Å². The molecule has 1 aliphatic heterocycles. The van der Waals surface area contributed by atoms with Gasteiger partial charge in [0.2, 0.25) is 0 Å². The molecule has 1 atom stereocenters. The monoisotopic (exact) mass is 295 g/mol. The largest absolute Gasteiger partial charge is 0.462 e. The summed E-state index contributed by atoms with van der Waals surface area (Å²) in [5.74, 6) is 1.51. The summed E-state index contributed by atoms with van der Waals surface area (Å²) in [6, 6.07) is 1.75. The highest BCUT2D eigenvalue weighted by molar-refractivity contribution is 8.00. The minimum Gasteiger partial charge on any atom is -0.462 e. The third-order valence-electron chi connectivity index (χ3n) is 3.33. The molecule has 1 fully saturated rings. The predicted molar refractivity (Wildman–Crippen MR) is 83.4 cm³/mol. The van der Waals surface area contributed by atoms with Gasteiger partial charge in [0.1, 0.15) is 5.82 Å². The number of nitrogens with zero attached hydrogens (tertiary/aromatic N) is 2. The molecule has 1 unspecified atom stereocenters. The van der Waals surface area contributed by atoms with E-state index >= 15 is 0 Å². The fourth-order valence-electron chi connectivity index (χ4n) is 2.19. The number of nitrogen functional groups attached to an aromatic ring is 1. The van der Waals surface area contributed by atoms with Gasteiger partial charge < -0.3 is 15.4 Å². The Morgan fingerprint density at radius 2 is 2.40 bits per heavy atom. The van der Waals surface area contributed by atoms with Crippen LogP contribution in [0.4, 0.5) is 11.5 Å². The zero-order valence-electron chi connectivity index (χ0n) is 12.0.